The molecule has 33 heavy (non-hydrogen) atoms. The molecular weight excluding hydrogens is 419 g/mol. The summed E-state index contributed by atoms with van der Waals surface area (Å²) < 4.78 is 18.6. The molecule has 0 fully saturated rings. The highest BCUT2D eigenvalue weighted by Crippen LogP contribution is 2.36. The number of anilines is 3. The van der Waals surface area contributed by atoms with E-state index in [1.165, 1.54) is 23.8 Å². The Morgan fingerprint density at radius 3 is 2.67 bits per heavy atom. The van der Waals surface area contributed by atoms with Crippen molar-refractivity contribution >= 4 is 23.4 Å². The maximum absolute atomic E-state index is 13.2. The monoisotopic (exact) mass is 446 g/mol. The average Bonchev–Trinajstić information content (AvgIpc) is 2.78. The highest BCUT2D eigenvalue weighted by molar-refractivity contribution is 5.84. The van der Waals surface area contributed by atoms with E-state index in [1.54, 1.807) is 25.1 Å². The molecule has 170 valence electrons. The molecule has 0 amide bonds. The van der Waals surface area contributed by atoms with Gasteiger partial charge in [0.15, 0.2) is 0 Å². The summed E-state index contributed by atoms with van der Waals surface area (Å²) in [6.07, 6.45) is 3.87. The number of esters is 1. The van der Waals surface area contributed by atoms with Gasteiger partial charge in [0.05, 0.1) is 6.04 Å². The highest BCUT2D eigenvalue weighted by atomic mass is 19.1. The van der Waals surface area contributed by atoms with Crippen molar-refractivity contribution in [1.82, 2.24) is 9.97 Å². The molecule has 0 aliphatic carbocycles. The summed E-state index contributed by atoms with van der Waals surface area (Å²) in [7, 11) is 0. The number of aromatic nitrogens is 2. The minimum atomic E-state index is -0.379. The van der Waals surface area contributed by atoms with Gasteiger partial charge in [0.2, 0.25) is 5.95 Å². The summed E-state index contributed by atoms with van der Waals surface area (Å²) in [6.45, 7) is 8.69. The van der Waals surface area contributed by atoms with Crippen molar-refractivity contribution in [2.45, 2.75) is 40.2 Å². The summed E-state index contributed by atoms with van der Waals surface area (Å²) >= 11 is 0. The van der Waals surface area contributed by atoms with Crippen LogP contribution in [0.25, 0.3) is 0 Å². The van der Waals surface area contributed by atoms with Gasteiger partial charge in [-0.05, 0) is 81.6 Å². The van der Waals surface area contributed by atoms with Crippen molar-refractivity contribution in [2.24, 2.45) is 0 Å². The number of nitrogens with one attached hydrogen (secondary N) is 1. The number of rotatable bonds is 5. The molecule has 4 rings (SSSR count). The van der Waals surface area contributed by atoms with Crippen LogP contribution in [-0.4, -0.2) is 22.5 Å². The summed E-state index contributed by atoms with van der Waals surface area (Å²) in [4.78, 5) is 23.4. The van der Waals surface area contributed by atoms with E-state index in [0.717, 1.165) is 41.3 Å². The standard InChI is InChI=1S/C26H27FN4O2/c1-5-6-24(32)33-22-11-12-23-18(4)31(14-13-19(23)15-22)25-16(2)17(3)28-26(30-25)29-21-9-7-20(27)8-10-21/h5-12,15,18H,13-14H2,1-4H3,(H,28,29,30)/b6-5+. The molecular formula is C26H27FN4O2. The Bertz CT molecular complexity index is 1210. The first-order valence-corrected chi connectivity index (χ1v) is 11.0. The number of hydrogen-bond acceptors (Lipinski definition) is 6. The molecule has 0 radical (unpaired) electrons. The number of ether oxygens (including phenoxy) is 1. The van der Waals surface area contributed by atoms with Crippen LogP contribution in [-0.2, 0) is 11.2 Å². The zero-order valence-corrected chi connectivity index (χ0v) is 19.2. The predicted octanol–water partition coefficient (Wildman–Crippen LogP) is 5.58. The number of aryl methyl sites for hydroxylation is 1. The van der Waals surface area contributed by atoms with Crippen LogP contribution in [0.15, 0.2) is 54.6 Å². The Kier molecular flexibility index (Phi) is 6.40. The largest absolute Gasteiger partial charge is 0.423 e. The molecule has 1 aromatic heterocycles. The summed E-state index contributed by atoms with van der Waals surface area (Å²) in [5.41, 5.74) is 4.97. The molecule has 1 atom stereocenters. The van der Waals surface area contributed by atoms with E-state index in [2.05, 4.69) is 22.1 Å². The number of nitrogens with zero attached hydrogens (tertiary/aromatic N) is 3. The van der Waals surface area contributed by atoms with Crippen molar-refractivity contribution < 1.29 is 13.9 Å². The molecule has 1 unspecified atom stereocenters. The topological polar surface area (TPSA) is 67.3 Å². The fourth-order valence-corrected chi connectivity index (χ4v) is 4.06. The smallest absolute Gasteiger partial charge is 0.335 e. The van der Waals surface area contributed by atoms with Gasteiger partial charge < -0.3 is 15.0 Å². The van der Waals surface area contributed by atoms with Gasteiger partial charge in [-0.3, -0.25) is 0 Å². The molecule has 2 aromatic carbocycles. The van der Waals surface area contributed by atoms with Crippen molar-refractivity contribution in [3.63, 3.8) is 0 Å². The Balaban J connectivity index is 1.60. The molecule has 0 spiro atoms. The molecule has 1 N–H and O–H groups in total. The van der Waals surface area contributed by atoms with Crippen LogP contribution >= 0.6 is 0 Å². The van der Waals surface area contributed by atoms with Crippen LogP contribution in [0.2, 0.25) is 0 Å². The van der Waals surface area contributed by atoms with E-state index in [1.807, 2.05) is 32.0 Å². The predicted molar refractivity (Wildman–Crippen MR) is 128 cm³/mol. The zero-order valence-electron chi connectivity index (χ0n) is 19.2. The number of carbonyl (C=O) groups is 1. The van der Waals surface area contributed by atoms with Crippen LogP contribution in [0.3, 0.4) is 0 Å². The molecule has 2 heterocycles. The molecule has 1 aliphatic rings. The second-order valence-corrected chi connectivity index (χ2v) is 8.11. The molecule has 0 saturated heterocycles. The Labute approximate surface area is 193 Å². The quantitative estimate of drug-likeness (QED) is 0.313. The van der Waals surface area contributed by atoms with E-state index < -0.39 is 0 Å². The summed E-state index contributed by atoms with van der Waals surface area (Å²) in [5, 5.41) is 3.18. The van der Waals surface area contributed by atoms with Crippen LogP contribution in [0.4, 0.5) is 21.8 Å². The van der Waals surface area contributed by atoms with Gasteiger partial charge in [0.25, 0.3) is 0 Å². The maximum atomic E-state index is 13.2. The number of carbonyl (C=O) groups excluding carboxylic acids is 1. The Morgan fingerprint density at radius 1 is 1.18 bits per heavy atom. The van der Waals surface area contributed by atoms with E-state index in [4.69, 9.17) is 9.72 Å². The number of halogens is 1. The van der Waals surface area contributed by atoms with Gasteiger partial charge in [0, 0.05) is 29.6 Å². The first-order valence-electron chi connectivity index (χ1n) is 11.0. The fraction of sp³-hybridized carbons (Fsp3) is 0.269. The molecule has 6 nitrogen and oxygen atoms in total. The molecule has 3 aromatic rings. The third kappa shape index (κ3) is 4.87. The van der Waals surface area contributed by atoms with Gasteiger partial charge >= 0.3 is 5.97 Å². The second kappa shape index (κ2) is 9.40. The molecule has 1 aliphatic heterocycles. The van der Waals surface area contributed by atoms with E-state index in [9.17, 15) is 9.18 Å². The fourth-order valence-electron chi connectivity index (χ4n) is 4.06. The molecule has 0 saturated carbocycles. The SMILES string of the molecule is C/C=C/C(=O)Oc1ccc2c(c1)CCN(c1nc(Nc3ccc(F)cc3)nc(C)c1C)C2C. The maximum Gasteiger partial charge on any atom is 0.335 e. The average molecular weight is 447 g/mol. The van der Waals surface area contributed by atoms with Crippen LogP contribution in [0.1, 0.15) is 42.3 Å². The van der Waals surface area contributed by atoms with Crippen LogP contribution in [0.5, 0.6) is 5.75 Å². The minimum absolute atomic E-state index is 0.0840. The van der Waals surface area contributed by atoms with Crippen molar-refractivity contribution in [2.75, 3.05) is 16.8 Å². The Hall–Kier alpha value is -3.74. The number of benzene rings is 2. The normalized spacial score (nSPS) is 15.4. The minimum Gasteiger partial charge on any atom is -0.423 e. The van der Waals surface area contributed by atoms with E-state index in [0.29, 0.717) is 11.7 Å². The lowest BCUT2D eigenvalue weighted by Gasteiger charge is -2.37. The van der Waals surface area contributed by atoms with Gasteiger partial charge in [-0.1, -0.05) is 12.1 Å². The third-order valence-corrected chi connectivity index (χ3v) is 5.91. The highest BCUT2D eigenvalue weighted by Gasteiger charge is 2.27. The molecule has 7 heteroatoms. The third-order valence-electron chi connectivity index (χ3n) is 5.91. The van der Waals surface area contributed by atoms with Crippen LogP contribution < -0.4 is 15.0 Å². The Morgan fingerprint density at radius 2 is 1.94 bits per heavy atom. The lowest BCUT2D eigenvalue weighted by atomic mass is 9.93. The first-order chi connectivity index (χ1) is 15.9. The number of fused-ring (bicyclic) bond motifs is 1. The first kappa shape index (κ1) is 22.5. The van der Waals surface area contributed by atoms with Crippen molar-refractivity contribution in [3.05, 3.63) is 82.8 Å². The number of hydrogen-bond donors (Lipinski definition) is 1. The lowest BCUT2D eigenvalue weighted by molar-refractivity contribution is -0.129. The number of allylic oxidation sites excluding steroid dienone is 1. The van der Waals surface area contributed by atoms with E-state index >= 15 is 0 Å². The van der Waals surface area contributed by atoms with Gasteiger partial charge in [-0.15, -0.1) is 0 Å². The summed E-state index contributed by atoms with van der Waals surface area (Å²) in [6, 6.07) is 12.0. The lowest BCUT2D eigenvalue weighted by Crippen LogP contribution is -2.35. The zero-order chi connectivity index (χ0) is 23.5. The second-order valence-electron chi connectivity index (χ2n) is 8.11. The van der Waals surface area contributed by atoms with Crippen LogP contribution in [0, 0.1) is 19.7 Å². The van der Waals surface area contributed by atoms with Crippen molar-refractivity contribution in [1.29, 1.82) is 0 Å². The van der Waals surface area contributed by atoms with Gasteiger partial charge in [-0.25, -0.2) is 14.2 Å². The van der Waals surface area contributed by atoms with E-state index in [-0.39, 0.29) is 17.8 Å². The molecule has 0 bridgehead atoms. The van der Waals surface area contributed by atoms with Gasteiger partial charge in [0.1, 0.15) is 17.4 Å². The van der Waals surface area contributed by atoms with Gasteiger partial charge in [-0.2, -0.15) is 4.98 Å². The van der Waals surface area contributed by atoms with Crippen molar-refractivity contribution in [3.8, 4) is 5.75 Å². The summed E-state index contributed by atoms with van der Waals surface area (Å²) in [5.74, 6) is 1.23.